The molecule has 0 N–H and O–H groups in total. The molecular formula is C69H51N3. The molecule has 0 radical (unpaired) electrons. The van der Waals surface area contributed by atoms with E-state index in [0.717, 1.165) is 57.6 Å². The first kappa shape index (κ1) is 43.8. The van der Waals surface area contributed by atoms with E-state index < -0.39 is 0 Å². The molecule has 0 aromatic heterocycles. The van der Waals surface area contributed by atoms with Crippen LogP contribution in [0.15, 0.2) is 291 Å². The van der Waals surface area contributed by atoms with Gasteiger partial charge in [-0.05, 0) is 176 Å². The molecule has 0 spiro atoms. The van der Waals surface area contributed by atoms with Crippen LogP contribution in [0.2, 0.25) is 0 Å². The third kappa shape index (κ3) is 9.23. The monoisotopic (exact) mass is 921 g/mol. The van der Waals surface area contributed by atoms with E-state index in [2.05, 4.69) is 312 Å². The molecule has 0 amide bonds. The zero-order valence-electron chi connectivity index (χ0n) is 39.8. The molecule has 12 aromatic rings. The van der Waals surface area contributed by atoms with Crippen molar-refractivity contribution in [3.63, 3.8) is 0 Å². The zero-order chi connectivity index (χ0) is 48.1. The second kappa shape index (κ2) is 19.9. The molecule has 72 heavy (non-hydrogen) atoms. The van der Waals surface area contributed by atoms with Crippen molar-refractivity contribution in [1.82, 2.24) is 0 Å². The molecule has 0 unspecified atom stereocenters. The van der Waals surface area contributed by atoms with Crippen molar-refractivity contribution in [3.8, 4) is 0 Å². The van der Waals surface area contributed by atoms with Crippen LogP contribution in [0.1, 0.15) is 16.7 Å². The fourth-order valence-corrected chi connectivity index (χ4v) is 10.0. The summed E-state index contributed by atoms with van der Waals surface area (Å²) < 4.78 is 0. The number of para-hydroxylation sites is 2. The molecule has 0 saturated carbocycles. The molecule has 0 aliphatic rings. The molecule has 3 nitrogen and oxygen atoms in total. The first-order valence-corrected chi connectivity index (χ1v) is 24.7. The van der Waals surface area contributed by atoms with Crippen molar-refractivity contribution < 1.29 is 0 Å². The zero-order valence-corrected chi connectivity index (χ0v) is 39.8. The lowest BCUT2D eigenvalue weighted by molar-refractivity contribution is 1.24. The van der Waals surface area contributed by atoms with Crippen LogP contribution >= 0.6 is 0 Å². The van der Waals surface area contributed by atoms with Gasteiger partial charge in [-0.3, -0.25) is 0 Å². The van der Waals surface area contributed by atoms with E-state index in [1.165, 1.54) is 54.6 Å². The van der Waals surface area contributed by atoms with Crippen LogP contribution in [0.25, 0.3) is 44.0 Å². The summed E-state index contributed by atoms with van der Waals surface area (Å²) in [6, 6.07) is 105. The number of hydrogen-bond donors (Lipinski definition) is 0. The van der Waals surface area contributed by atoms with Gasteiger partial charge in [-0.2, -0.15) is 0 Å². The molecule has 0 fully saturated rings. The van der Waals surface area contributed by atoms with Crippen LogP contribution in [-0.2, 0) is 6.42 Å². The quantitative estimate of drug-likeness (QED) is 0.107. The maximum Gasteiger partial charge on any atom is 0.0468 e. The largest absolute Gasteiger partial charge is 0.311 e. The van der Waals surface area contributed by atoms with E-state index in [-0.39, 0.29) is 0 Å². The average Bonchev–Trinajstić information content (AvgIpc) is 3.45. The van der Waals surface area contributed by atoms with Gasteiger partial charge in [0.25, 0.3) is 0 Å². The van der Waals surface area contributed by atoms with Crippen molar-refractivity contribution in [1.29, 1.82) is 0 Å². The Labute approximate surface area is 422 Å². The van der Waals surface area contributed by atoms with E-state index in [1.807, 2.05) is 0 Å². The minimum absolute atomic E-state index is 0.809. The summed E-state index contributed by atoms with van der Waals surface area (Å²) in [6.45, 7) is 0. The van der Waals surface area contributed by atoms with Crippen LogP contribution in [0.4, 0.5) is 51.2 Å². The van der Waals surface area contributed by atoms with Gasteiger partial charge in [0.1, 0.15) is 0 Å². The van der Waals surface area contributed by atoms with Crippen molar-refractivity contribution in [3.05, 3.63) is 308 Å². The summed E-state index contributed by atoms with van der Waals surface area (Å²) in [7, 11) is 0. The molecule has 12 rings (SSSR count). The smallest absolute Gasteiger partial charge is 0.0468 e. The molecule has 3 heteroatoms. The predicted molar refractivity (Wildman–Crippen MR) is 307 cm³/mol. The lowest BCUT2D eigenvalue weighted by Crippen LogP contribution is -2.13. The standard InChI is InChI=1S/C69H51N3/c1-4-16-51(17-5-1)46-60(48-52-28-29-53-18-10-13-21-57(53)47-52)56-30-34-63(35-31-56)70(64-38-42-66(43-39-64)71(61-24-6-2-7-25-61)68-36-32-54-19-11-14-22-58(54)49-68)65-40-44-67(45-41-65)72(62-26-8-3-9-27-62)69-37-33-55-20-12-15-23-59(55)50-69/h1-45,47-50H,46H2/b60-48-. The van der Waals surface area contributed by atoms with Crippen LogP contribution in [0.5, 0.6) is 0 Å². The fourth-order valence-electron chi connectivity index (χ4n) is 10.0. The predicted octanol–water partition coefficient (Wildman–Crippen LogP) is 19.3. The highest BCUT2D eigenvalue weighted by molar-refractivity contribution is 5.93. The molecular weight excluding hydrogens is 871 g/mol. The van der Waals surface area contributed by atoms with Gasteiger partial charge < -0.3 is 14.7 Å². The lowest BCUT2D eigenvalue weighted by Gasteiger charge is -2.30. The lowest BCUT2D eigenvalue weighted by atomic mass is 9.95. The van der Waals surface area contributed by atoms with Crippen LogP contribution in [0, 0.1) is 0 Å². The summed E-state index contributed by atoms with van der Waals surface area (Å²) in [5.41, 5.74) is 14.6. The molecule has 0 atom stereocenters. The van der Waals surface area contributed by atoms with Crippen molar-refractivity contribution in [2.24, 2.45) is 0 Å². The number of benzene rings is 12. The SMILES string of the molecule is C(=C(\Cc1ccccc1)c1ccc(N(c2ccc(N(c3ccccc3)c3ccc4ccccc4c3)cc2)c2ccc(N(c3ccccc3)c3ccc4ccccc4c3)cc2)cc1)/c1ccc2ccccc2c1. The van der Waals surface area contributed by atoms with Crippen LogP contribution in [0.3, 0.4) is 0 Å². The molecule has 342 valence electrons. The van der Waals surface area contributed by atoms with Crippen molar-refractivity contribution in [2.75, 3.05) is 14.7 Å². The molecule has 0 bridgehead atoms. The van der Waals surface area contributed by atoms with Crippen LogP contribution in [-0.4, -0.2) is 0 Å². The van der Waals surface area contributed by atoms with Gasteiger partial charge in [-0.25, -0.2) is 0 Å². The van der Waals surface area contributed by atoms with E-state index in [4.69, 9.17) is 0 Å². The number of hydrogen-bond acceptors (Lipinski definition) is 3. The maximum absolute atomic E-state index is 2.37. The number of rotatable bonds is 13. The first-order valence-electron chi connectivity index (χ1n) is 24.7. The third-order valence-electron chi connectivity index (χ3n) is 13.6. The second-order valence-corrected chi connectivity index (χ2v) is 18.3. The van der Waals surface area contributed by atoms with E-state index in [0.29, 0.717) is 0 Å². The highest BCUT2D eigenvalue weighted by atomic mass is 15.2. The normalized spacial score (nSPS) is 11.5. The Kier molecular flexibility index (Phi) is 12.1. The topological polar surface area (TPSA) is 9.72 Å². The minimum atomic E-state index is 0.809. The van der Waals surface area contributed by atoms with Gasteiger partial charge in [0.15, 0.2) is 0 Å². The molecule has 0 heterocycles. The Morgan fingerprint density at radius 2 is 0.556 bits per heavy atom. The number of fused-ring (bicyclic) bond motifs is 3. The first-order chi connectivity index (χ1) is 35.7. The Morgan fingerprint density at radius 1 is 0.250 bits per heavy atom. The highest BCUT2D eigenvalue weighted by Crippen LogP contribution is 2.42. The number of allylic oxidation sites excluding steroid dienone is 1. The fraction of sp³-hybridized carbons (Fsp3) is 0.0145. The molecule has 0 aliphatic heterocycles. The van der Waals surface area contributed by atoms with Gasteiger partial charge in [0.2, 0.25) is 0 Å². The van der Waals surface area contributed by atoms with Gasteiger partial charge in [-0.1, -0.05) is 182 Å². The van der Waals surface area contributed by atoms with Crippen LogP contribution < -0.4 is 14.7 Å². The summed E-state index contributed by atoms with van der Waals surface area (Å²) in [6.07, 6.45) is 3.16. The van der Waals surface area contributed by atoms with Crippen molar-refractivity contribution in [2.45, 2.75) is 6.42 Å². The van der Waals surface area contributed by atoms with Gasteiger partial charge in [-0.15, -0.1) is 0 Å². The Hall–Kier alpha value is -9.44. The Morgan fingerprint density at radius 3 is 0.986 bits per heavy atom. The summed E-state index contributed by atoms with van der Waals surface area (Å²) in [4.78, 5) is 7.05. The summed E-state index contributed by atoms with van der Waals surface area (Å²) in [5.74, 6) is 0. The van der Waals surface area contributed by atoms with Gasteiger partial charge in [0.05, 0.1) is 0 Å². The maximum atomic E-state index is 2.37. The Balaban J connectivity index is 0.952. The molecule has 12 aromatic carbocycles. The third-order valence-corrected chi connectivity index (χ3v) is 13.6. The number of anilines is 9. The van der Waals surface area contributed by atoms with Crippen molar-refractivity contribution >= 4 is 95.2 Å². The van der Waals surface area contributed by atoms with E-state index in [1.54, 1.807) is 0 Å². The average molecular weight is 922 g/mol. The summed E-state index contributed by atoms with van der Waals surface area (Å²) >= 11 is 0. The minimum Gasteiger partial charge on any atom is -0.311 e. The molecule has 0 aliphatic carbocycles. The molecule has 0 saturated heterocycles. The number of nitrogens with zero attached hydrogens (tertiary/aromatic N) is 3. The van der Waals surface area contributed by atoms with E-state index >= 15 is 0 Å². The second-order valence-electron chi connectivity index (χ2n) is 18.3. The highest BCUT2D eigenvalue weighted by Gasteiger charge is 2.19. The van der Waals surface area contributed by atoms with E-state index in [9.17, 15) is 0 Å². The van der Waals surface area contributed by atoms with Gasteiger partial charge in [0, 0.05) is 51.2 Å². The summed E-state index contributed by atoms with van der Waals surface area (Å²) in [5, 5.41) is 7.33. The van der Waals surface area contributed by atoms with Gasteiger partial charge >= 0.3 is 0 Å². The Bertz CT molecular complexity index is 3650.